The molecule has 0 aromatic carbocycles. The van der Waals surface area contributed by atoms with Crippen molar-refractivity contribution in [3.63, 3.8) is 0 Å². The predicted molar refractivity (Wildman–Crippen MR) is 62.3 cm³/mol. The second-order valence-corrected chi connectivity index (χ2v) is 5.38. The van der Waals surface area contributed by atoms with Crippen LogP contribution in [-0.2, 0) is 4.74 Å². The SMILES string of the molecule is CC(C)N(CC(F)(F)F)CC1(CO)CCOCC1. The van der Waals surface area contributed by atoms with E-state index in [4.69, 9.17) is 4.74 Å². The minimum atomic E-state index is -4.20. The Morgan fingerprint density at radius 2 is 1.83 bits per heavy atom. The Morgan fingerprint density at radius 3 is 2.22 bits per heavy atom. The summed E-state index contributed by atoms with van der Waals surface area (Å²) >= 11 is 0. The van der Waals surface area contributed by atoms with Gasteiger partial charge in [-0.1, -0.05) is 0 Å². The van der Waals surface area contributed by atoms with E-state index in [1.807, 2.05) is 0 Å². The molecule has 1 aliphatic heterocycles. The number of hydrogen-bond acceptors (Lipinski definition) is 3. The Kier molecular flexibility index (Phi) is 5.43. The van der Waals surface area contributed by atoms with E-state index in [1.165, 1.54) is 4.90 Å². The molecule has 1 saturated heterocycles. The standard InChI is InChI=1S/C12H22F3NO2/c1-10(2)16(8-12(13,14)15)7-11(9-17)3-5-18-6-4-11/h10,17H,3-9H2,1-2H3. The van der Waals surface area contributed by atoms with E-state index in [0.717, 1.165) is 0 Å². The average Bonchev–Trinajstić information content (AvgIpc) is 2.27. The molecular weight excluding hydrogens is 247 g/mol. The Labute approximate surface area is 106 Å². The summed E-state index contributed by atoms with van der Waals surface area (Å²) in [5.41, 5.74) is -0.451. The lowest BCUT2D eigenvalue weighted by Gasteiger charge is -2.41. The monoisotopic (exact) mass is 269 g/mol. The molecule has 18 heavy (non-hydrogen) atoms. The largest absolute Gasteiger partial charge is 0.401 e. The molecule has 0 aromatic heterocycles. The molecule has 0 radical (unpaired) electrons. The first-order chi connectivity index (χ1) is 8.28. The lowest BCUT2D eigenvalue weighted by molar-refractivity contribution is -0.157. The van der Waals surface area contributed by atoms with Crippen molar-refractivity contribution in [2.45, 2.75) is 38.9 Å². The van der Waals surface area contributed by atoms with Crippen LogP contribution in [0.25, 0.3) is 0 Å². The second-order valence-electron chi connectivity index (χ2n) is 5.38. The lowest BCUT2D eigenvalue weighted by atomic mass is 9.80. The third-order valence-electron chi connectivity index (χ3n) is 3.54. The zero-order valence-corrected chi connectivity index (χ0v) is 11.0. The van der Waals surface area contributed by atoms with Gasteiger partial charge < -0.3 is 9.84 Å². The first-order valence-corrected chi connectivity index (χ1v) is 6.27. The molecule has 0 amide bonds. The van der Waals surface area contributed by atoms with Crippen molar-refractivity contribution in [3.05, 3.63) is 0 Å². The molecule has 1 rings (SSSR count). The van der Waals surface area contributed by atoms with Gasteiger partial charge >= 0.3 is 6.18 Å². The van der Waals surface area contributed by atoms with Crippen LogP contribution in [-0.4, -0.2) is 55.1 Å². The average molecular weight is 269 g/mol. The molecular formula is C12H22F3NO2. The highest BCUT2D eigenvalue weighted by Gasteiger charge is 2.38. The molecule has 1 fully saturated rings. The minimum Gasteiger partial charge on any atom is -0.396 e. The lowest BCUT2D eigenvalue weighted by Crippen LogP contribution is -2.49. The first kappa shape index (κ1) is 15.7. The van der Waals surface area contributed by atoms with E-state index < -0.39 is 18.1 Å². The van der Waals surface area contributed by atoms with Gasteiger partial charge in [0.1, 0.15) is 0 Å². The summed E-state index contributed by atoms with van der Waals surface area (Å²) in [6.07, 6.45) is -2.97. The van der Waals surface area contributed by atoms with Crippen molar-refractivity contribution < 1.29 is 23.0 Å². The fraction of sp³-hybridized carbons (Fsp3) is 1.00. The van der Waals surface area contributed by atoms with Crippen molar-refractivity contribution in [1.82, 2.24) is 4.90 Å². The third kappa shape index (κ3) is 4.74. The van der Waals surface area contributed by atoms with Gasteiger partial charge in [0, 0.05) is 31.2 Å². The molecule has 0 saturated carbocycles. The maximum Gasteiger partial charge on any atom is 0.401 e. The second kappa shape index (κ2) is 6.21. The molecule has 0 atom stereocenters. The predicted octanol–water partition coefficient (Wildman–Crippen LogP) is 2.05. The van der Waals surface area contributed by atoms with Crippen LogP contribution in [0.4, 0.5) is 13.2 Å². The molecule has 0 aromatic rings. The van der Waals surface area contributed by atoms with Gasteiger partial charge in [0.25, 0.3) is 0 Å². The fourth-order valence-electron chi connectivity index (χ4n) is 2.25. The Balaban J connectivity index is 2.68. The van der Waals surface area contributed by atoms with Gasteiger partial charge in [0.05, 0.1) is 13.2 Å². The maximum absolute atomic E-state index is 12.5. The van der Waals surface area contributed by atoms with E-state index in [9.17, 15) is 18.3 Å². The van der Waals surface area contributed by atoms with Crippen molar-refractivity contribution in [2.75, 3.05) is 32.9 Å². The van der Waals surface area contributed by atoms with Crippen LogP contribution in [0.5, 0.6) is 0 Å². The van der Waals surface area contributed by atoms with Gasteiger partial charge in [-0.25, -0.2) is 0 Å². The summed E-state index contributed by atoms with van der Waals surface area (Å²) in [6.45, 7) is 3.78. The molecule has 0 aliphatic carbocycles. The number of ether oxygens (including phenoxy) is 1. The number of rotatable bonds is 5. The third-order valence-corrected chi connectivity index (χ3v) is 3.54. The normalized spacial score (nSPS) is 20.7. The molecule has 3 nitrogen and oxygen atoms in total. The topological polar surface area (TPSA) is 32.7 Å². The molecule has 0 bridgehead atoms. The van der Waals surface area contributed by atoms with E-state index in [0.29, 0.717) is 26.1 Å². The maximum atomic E-state index is 12.5. The van der Waals surface area contributed by atoms with Gasteiger partial charge in [-0.15, -0.1) is 0 Å². The van der Waals surface area contributed by atoms with Gasteiger partial charge in [0.15, 0.2) is 0 Å². The highest BCUT2D eigenvalue weighted by atomic mass is 19.4. The number of alkyl halides is 3. The van der Waals surface area contributed by atoms with Crippen LogP contribution >= 0.6 is 0 Å². The van der Waals surface area contributed by atoms with E-state index >= 15 is 0 Å². The summed E-state index contributed by atoms with van der Waals surface area (Å²) in [7, 11) is 0. The van der Waals surface area contributed by atoms with Crippen molar-refractivity contribution >= 4 is 0 Å². The summed E-state index contributed by atoms with van der Waals surface area (Å²) in [5, 5.41) is 9.51. The molecule has 6 heteroatoms. The van der Waals surface area contributed by atoms with E-state index in [1.54, 1.807) is 13.8 Å². The Bertz CT molecular complexity index is 250. The van der Waals surface area contributed by atoms with E-state index in [-0.39, 0.29) is 19.2 Å². The smallest absolute Gasteiger partial charge is 0.396 e. The summed E-state index contributed by atoms with van der Waals surface area (Å²) in [4.78, 5) is 1.39. The number of aliphatic hydroxyl groups is 1. The van der Waals surface area contributed by atoms with Crippen LogP contribution in [0.2, 0.25) is 0 Å². The zero-order valence-electron chi connectivity index (χ0n) is 11.0. The molecule has 108 valence electrons. The van der Waals surface area contributed by atoms with Crippen LogP contribution in [0.1, 0.15) is 26.7 Å². The zero-order chi connectivity index (χ0) is 13.8. The number of aliphatic hydroxyl groups excluding tert-OH is 1. The molecule has 1 N–H and O–H groups in total. The van der Waals surface area contributed by atoms with Crippen LogP contribution < -0.4 is 0 Å². The van der Waals surface area contributed by atoms with Gasteiger partial charge in [0.2, 0.25) is 0 Å². The Morgan fingerprint density at radius 1 is 1.28 bits per heavy atom. The van der Waals surface area contributed by atoms with Gasteiger partial charge in [-0.05, 0) is 26.7 Å². The highest BCUT2D eigenvalue weighted by Crippen LogP contribution is 2.32. The van der Waals surface area contributed by atoms with Crippen molar-refractivity contribution in [2.24, 2.45) is 5.41 Å². The molecule has 0 unspecified atom stereocenters. The van der Waals surface area contributed by atoms with Crippen molar-refractivity contribution in [3.8, 4) is 0 Å². The minimum absolute atomic E-state index is 0.0859. The number of hydrogen-bond donors (Lipinski definition) is 1. The van der Waals surface area contributed by atoms with Crippen LogP contribution in [0, 0.1) is 5.41 Å². The number of nitrogens with zero attached hydrogens (tertiary/aromatic N) is 1. The number of halogens is 3. The summed E-state index contributed by atoms with van der Waals surface area (Å²) in [5.74, 6) is 0. The fourth-order valence-corrected chi connectivity index (χ4v) is 2.25. The van der Waals surface area contributed by atoms with Gasteiger partial charge in [-0.2, -0.15) is 13.2 Å². The quantitative estimate of drug-likeness (QED) is 0.829. The van der Waals surface area contributed by atoms with Crippen LogP contribution in [0.3, 0.4) is 0 Å². The highest BCUT2D eigenvalue weighted by molar-refractivity contribution is 4.86. The Hall–Kier alpha value is -0.330. The summed E-state index contributed by atoms with van der Waals surface area (Å²) in [6, 6.07) is -0.196. The van der Waals surface area contributed by atoms with Gasteiger partial charge in [-0.3, -0.25) is 4.90 Å². The first-order valence-electron chi connectivity index (χ1n) is 6.27. The molecule has 0 spiro atoms. The molecule has 1 aliphatic rings. The molecule has 1 heterocycles. The summed E-state index contributed by atoms with van der Waals surface area (Å²) < 4.78 is 42.8. The van der Waals surface area contributed by atoms with Crippen molar-refractivity contribution in [1.29, 1.82) is 0 Å². The van der Waals surface area contributed by atoms with Crippen LogP contribution in [0.15, 0.2) is 0 Å². The van der Waals surface area contributed by atoms with E-state index in [2.05, 4.69) is 0 Å².